The van der Waals surface area contributed by atoms with Gasteiger partial charge in [0.15, 0.2) is 6.10 Å². The van der Waals surface area contributed by atoms with E-state index in [1.807, 2.05) is 24.3 Å². The second-order valence-corrected chi connectivity index (χ2v) is 7.15. The van der Waals surface area contributed by atoms with Crippen LogP contribution in [0.3, 0.4) is 0 Å². The number of fused-ring (bicyclic) bond motifs is 1. The third-order valence-electron chi connectivity index (χ3n) is 4.68. The van der Waals surface area contributed by atoms with Gasteiger partial charge in [0.25, 0.3) is 5.91 Å². The van der Waals surface area contributed by atoms with E-state index in [2.05, 4.69) is 5.32 Å². The molecule has 2 atom stereocenters. The van der Waals surface area contributed by atoms with Crippen LogP contribution in [-0.4, -0.2) is 34.8 Å². The van der Waals surface area contributed by atoms with Gasteiger partial charge in [-0.15, -0.1) is 0 Å². The van der Waals surface area contributed by atoms with E-state index < -0.39 is 24.0 Å². The summed E-state index contributed by atoms with van der Waals surface area (Å²) in [7, 11) is 0. The van der Waals surface area contributed by atoms with Crippen molar-refractivity contribution in [2.24, 2.45) is 0 Å². The zero-order chi connectivity index (χ0) is 20.3. The Morgan fingerprint density at radius 1 is 1.14 bits per heavy atom. The van der Waals surface area contributed by atoms with Gasteiger partial charge in [0.05, 0.1) is 0 Å². The van der Waals surface area contributed by atoms with Crippen molar-refractivity contribution in [1.29, 1.82) is 0 Å². The lowest BCUT2D eigenvalue weighted by molar-refractivity contribution is -0.162. The van der Waals surface area contributed by atoms with Crippen LogP contribution in [0.2, 0.25) is 5.02 Å². The molecule has 2 amide bonds. The second kappa shape index (κ2) is 8.44. The number of anilines is 1. The maximum absolute atomic E-state index is 12.7. The second-order valence-electron chi connectivity index (χ2n) is 6.71. The number of benzene rings is 2. The smallest absolute Gasteiger partial charge is 0.329 e. The highest BCUT2D eigenvalue weighted by molar-refractivity contribution is 6.30. The fraction of sp³-hybridized carbons (Fsp3) is 0.286. The van der Waals surface area contributed by atoms with Crippen molar-refractivity contribution in [3.05, 3.63) is 64.7 Å². The lowest BCUT2D eigenvalue weighted by Gasteiger charge is -2.35. The van der Waals surface area contributed by atoms with Gasteiger partial charge in [-0.25, -0.2) is 4.79 Å². The van der Waals surface area contributed by atoms with Gasteiger partial charge in [0.1, 0.15) is 6.04 Å². The van der Waals surface area contributed by atoms with Crippen molar-refractivity contribution in [1.82, 2.24) is 4.90 Å². The summed E-state index contributed by atoms with van der Waals surface area (Å²) in [6.45, 7) is 3.25. The van der Waals surface area contributed by atoms with E-state index in [-0.39, 0.29) is 5.91 Å². The highest BCUT2D eigenvalue weighted by atomic mass is 35.5. The summed E-state index contributed by atoms with van der Waals surface area (Å²) in [6.07, 6.45) is -0.658. The molecule has 0 radical (unpaired) electrons. The third-order valence-corrected chi connectivity index (χ3v) is 4.91. The highest BCUT2D eigenvalue weighted by Gasteiger charge is 2.35. The minimum absolute atomic E-state index is 0.215. The van der Waals surface area contributed by atoms with E-state index >= 15 is 0 Å². The number of esters is 1. The lowest BCUT2D eigenvalue weighted by Crippen LogP contribution is -2.49. The third kappa shape index (κ3) is 4.51. The van der Waals surface area contributed by atoms with Crippen LogP contribution < -0.4 is 5.32 Å². The topological polar surface area (TPSA) is 75.7 Å². The first-order chi connectivity index (χ1) is 13.3. The van der Waals surface area contributed by atoms with Gasteiger partial charge >= 0.3 is 5.97 Å². The average molecular weight is 401 g/mol. The zero-order valence-electron chi connectivity index (χ0n) is 15.6. The van der Waals surface area contributed by atoms with Crippen molar-refractivity contribution in [2.45, 2.75) is 39.0 Å². The van der Waals surface area contributed by atoms with E-state index in [0.29, 0.717) is 23.7 Å². The van der Waals surface area contributed by atoms with E-state index in [9.17, 15) is 14.4 Å². The molecule has 1 N–H and O–H groups in total. The van der Waals surface area contributed by atoms with Crippen molar-refractivity contribution in [2.75, 3.05) is 5.32 Å². The van der Waals surface area contributed by atoms with Gasteiger partial charge < -0.3 is 15.0 Å². The lowest BCUT2D eigenvalue weighted by atomic mass is 9.94. The number of rotatable bonds is 4. The van der Waals surface area contributed by atoms with Crippen LogP contribution in [0, 0.1) is 0 Å². The Balaban J connectivity index is 1.68. The molecule has 2 aromatic rings. The number of nitrogens with one attached hydrogen (secondary N) is 1. The van der Waals surface area contributed by atoms with Crippen LogP contribution in [-0.2, 0) is 32.1 Å². The first-order valence-corrected chi connectivity index (χ1v) is 9.34. The van der Waals surface area contributed by atoms with Crippen LogP contribution in [0.25, 0.3) is 0 Å². The normalized spacial score (nSPS) is 16.7. The minimum Gasteiger partial charge on any atom is -0.451 e. The van der Waals surface area contributed by atoms with Crippen molar-refractivity contribution in [3.63, 3.8) is 0 Å². The summed E-state index contributed by atoms with van der Waals surface area (Å²) < 4.78 is 5.37. The van der Waals surface area contributed by atoms with Crippen molar-refractivity contribution < 1.29 is 19.1 Å². The molecule has 2 aromatic carbocycles. The van der Waals surface area contributed by atoms with E-state index in [0.717, 1.165) is 11.1 Å². The zero-order valence-corrected chi connectivity index (χ0v) is 16.4. The van der Waals surface area contributed by atoms with Crippen LogP contribution >= 0.6 is 11.6 Å². The van der Waals surface area contributed by atoms with Crippen LogP contribution in [0.5, 0.6) is 0 Å². The summed E-state index contributed by atoms with van der Waals surface area (Å²) in [5, 5.41) is 3.15. The van der Waals surface area contributed by atoms with E-state index in [1.54, 1.807) is 24.3 Å². The molecule has 1 aliphatic heterocycles. The quantitative estimate of drug-likeness (QED) is 0.800. The molecule has 0 bridgehead atoms. The molecule has 146 valence electrons. The van der Waals surface area contributed by atoms with Gasteiger partial charge in [-0.05, 0) is 36.2 Å². The Morgan fingerprint density at radius 3 is 2.54 bits per heavy atom. The largest absolute Gasteiger partial charge is 0.451 e. The monoisotopic (exact) mass is 400 g/mol. The molecule has 0 saturated carbocycles. The molecule has 1 heterocycles. The summed E-state index contributed by atoms with van der Waals surface area (Å²) in [5.74, 6) is -1.29. The molecule has 0 unspecified atom stereocenters. The Hall–Kier alpha value is -2.86. The number of halogens is 1. The Bertz CT molecular complexity index is 915. The number of hydrogen-bond acceptors (Lipinski definition) is 4. The molecule has 1 aliphatic rings. The fourth-order valence-corrected chi connectivity index (χ4v) is 3.37. The predicted molar refractivity (Wildman–Crippen MR) is 106 cm³/mol. The maximum Gasteiger partial charge on any atom is 0.329 e. The first kappa shape index (κ1) is 19.9. The number of nitrogens with zero attached hydrogens (tertiary/aromatic N) is 1. The molecule has 0 aliphatic carbocycles. The molecular formula is C21H21ClN2O4. The first-order valence-electron chi connectivity index (χ1n) is 8.96. The van der Waals surface area contributed by atoms with Crippen LogP contribution in [0.1, 0.15) is 25.0 Å². The number of carbonyl (C=O) groups excluding carboxylic acids is 3. The highest BCUT2D eigenvalue weighted by Crippen LogP contribution is 2.24. The standard InChI is InChI=1S/C21H21ClN2O4/c1-13(20(26)23-18-9-5-8-17(22)11-18)28-21(27)19-10-15-6-3-4-7-16(15)12-24(19)14(2)25/h3-9,11,13,19H,10,12H2,1-2H3,(H,23,26)/t13-,19+/m0/s1. The van der Waals surface area contributed by atoms with Crippen molar-refractivity contribution >= 4 is 35.1 Å². The molecule has 0 aromatic heterocycles. The summed E-state index contributed by atoms with van der Waals surface area (Å²) in [5.41, 5.74) is 2.52. The summed E-state index contributed by atoms with van der Waals surface area (Å²) in [4.78, 5) is 38.6. The molecule has 6 nitrogen and oxygen atoms in total. The van der Waals surface area contributed by atoms with E-state index in [1.165, 1.54) is 18.7 Å². The summed E-state index contributed by atoms with van der Waals surface area (Å²) >= 11 is 5.91. The Morgan fingerprint density at radius 2 is 1.86 bits per heavy atom. The maximum atomic E-state index is 12.7. The molecule has 28 heavy (non-hydrogen) atoms. The minimum atomic E-state index is -1.02. The molecule has 7 heteroatoms. The van der Waals surface area contributed by atoms with Gasteiger partial charge in [0.2, 0.25) is 5.91 Å². The SMILES string of the molecule is CC(=O)N1Cc2ccccc2C[C@@H]1C(=O)O[C@@H](C)C(=O)Nc1cccc(Cl)c1. The van der Waals surface area contributed by atoms with Crippen LogP contribution in [0.4, 0.5) is 5.69 Å². The average Bonchev–Trinajstić information content (AvgIpc) is 2.66. The van der Waals surface area contributed by atoms with Gasteiger partial charge in [-0.3, -0.25) is 9.59 Å². The Kier molecular flexibility index (Phi) is 5.99. The number of hydrogen-bond donors (Lipinski definition) is 1. The molecule has 0 spiro atoms. The molecular weight excluding hydrogens is 380 g/mol. The number of carbonyl (C=O) groups is 3. The summed E-state index contributed by atoms with van der Waals surface area (Å²) in [6, 6.07) is 13.6. The number of ether oxygens (including phenoxy) is 1. The van der Waals surface area contributed by atoms with Crippen molar-refractivity contribution in [3.8, 4) is 0 Å². The predicted octanol–water partition coefficient (Wildman–Crippen LogP) is 3.18. The van der Waals surface area contributed by atoms with Crippen LogP contribution in [0.15, 0.2) is 48.5 Å². The van der Waals surface area contributed by atoms with Gasteiger partial charge in [0, 0.05) is 30.6 Å². The Labute approximate surface area is 168 Å². The van der Waals surface area contributed by atoms with E-state index in [4.69, 9.17) is 16.3 Å². The van der Waals surface area contributed by atoms with Gasteiger partial charge in [-0.1, -0.05) is 41.9 Å². The molecule has 3 rings (SSSR count). The fourth-order valence-electron chi connectivity index (χ4n) is 3.18. The molecule has 0 saturated heterocycles. The number of amides is 2. The van der Waals surface area contributed by atoms with Gasteiger partial charge in [-0.2, -0.15) is 0 Å². The molecule has 0 fully saturated rings.